The number of hydrogen-bond acceptors (Lipinski definition) is 3. The number of hydrogen-bond donors (Lipinski definition) is 1. The van der Waals surface area contributed by atoms with Gasteiger partial charge in [-0.3, -0.25) is 9.59 Å². The van der Waals surface area contributed by atoms with Crippen LogP contribution >= 0.6 is 11.6 Å². The van der Waals surface area contributed by atoms with Gasteiger partial charge in [0.05, 0.1) is 6.42 Å². The minimum Gasteiger partial charge on any atom is -0.487 e. The number of fused-ring (bicyclic) bond motifs is 1. The molecule has 160 valence electrons. The standard InChI is InChI=1S/C23H19ClF2N2O3/c1-12-17(8-13-3-6-19-15(7-13)9-20(29)28(19)2)22(21(24)23(30)27-12)31-11-14-4-5-16(25)10-18(14)26/h3-7,10H,8-9,11H2,1-2H3,(H,27,30). The van der Waals surface area contributed by atoms with Crippen molar-refractivity contribution in [2.45, 2.75) is 26.4 Å². The molecule has 0 fully saturated rings. The number of pyridine rings is 1. The van der Waals surface area contributed by atoms with Crippen molar-refractivity contribution in [1.82, 2.24) is 4.98 Å². The molecule has 0 atom stereocenters. The maximum Gasteiger partial charge on any atom is 0.270 e. The zero-order valence-electron chi connectivity index (χ0n) is 16.9. The summed E-state index contributed by atoms with van der Waals surface area (Å²) < 4.78 is 32.9. The fourth-order valence-electron chi connectivity index (χ4n) is 3.70. The Labute approximate surface area is 182 Å². The van der Waals surface area contributed by atoms with Crippen LogP contribution in [0.25, 0.3) is 0 Å². The fourth-order valence-corrected chi connectivity index (χ4v) is 3.91. The number of likely N-dealkylation sites (N-methyl/N-ethyl adjacent to an activating group) is 1. The van der Waals surface area contributed by atoms with E-state index in [1.807, 2.05) is 18.2 Å². The Morgan fingerprint density at radius 3 is 2.68 bits per heavy atom. The number of ether oxygens (including phenoxy) is 1. The second-order valence-corrected chi connectivity index (χ2v) is 7.87. The topological polar surface area (TPSA) is 62.4 Å². The molecule has 0 aliphatic carbocycles. The first-order valence-electron chi connectivity index (χ1n) is 9.61. The molecule has 0 saturated carbocycles. The number of halogens is 3. The van der Waals surface area contributed by atoms with E-state index in [4.69, 9.17) is 16.3 Å². The van der Waals surface area contributed by atoms with E-state index >= 15 is 0 Å². The number of aromatic amines is 1. The number of H-pyrrole nitrogens is 1. The van der Waals surface area contributed by atoms with Gasteiger partial charge in [-0.15, -0.1) is 0 Å². The first-order chi connectivity index (χ1) is 14.7. The first kappa shape index (κ1) is 21.1. The molecule has 0 unspecified atom stereocenters. The van der Waals surface area contributed by atoms with E-state index in [0.29, 0.717) is 24.1 Å². The van der Waals surface area contributed by atoms with E-state index in [9.17, 15) is 18.4 Å². The lowest BCUT2D eigenvalue weighted by atomic mass is 10.00. The third-order valence-electron chi connectivity index (χ3n) is 5.42. The fraction of sp³-hybridized carbons (Fsp3) is 0.217. The summed E-state index contributed by atoms with van der Waals surface area (Å²) >= 11 is 6.23. The number of benzene rings is 2. The van der Waals surface area contributed by atoms with Crippen LogP contribution < -0.4 is 15.2 Å². The molecule has 1 N–H and O–H groups in total. The number of aromatic nitrogens is 1. The van der Waals surface area contributed by atoms with Crippen molar-refractivity contribution in [2.24, 2.45) is 0 Å². The number of carbonyl (C=O) groups excluding carboxylic acids is 1. The van der Waals surface area contributed by atoms with Crippen LogP contribution in [0.5, 0.6) is 5.75 Å². The van der Waals surface area contributed by atoms with E-state index in [2.05, 4.69) is 4.98 Å². The zero-order valence-corrected chi connectivity index (χ0v) is 17.6. The van der Waals surface area contributed by atoms with Gasteiger partial charge in [0.15, 0.2) is 0 Å². The average molecular weight is 445 g/mol. The van der Waals surface area contributed by atoms with Crippen LogP contribution in [0.15, 0.2) is 41.2 Å². The smallest absolute Gasteiger partial charge is 0.270 e. The van der Waals surface area contributed by atoms with Crippen molar-refractivity contribution in [2.75, 3.05) is 11.9 Å². The van der Waals surface area contributed by atoms with Gasteiger partial charge in [-0.1, -0.05) is 23.7 Å². The predicted molar refractivity (Wildman–Crippen MR) is 114 cm³/mol. The molecule has 1 aliphatic heterocycles. The van der Waals surface area contributed by atoms with Crippen molar-refractivity contribution in [3.63, 3.8) is 0 Å². The molecule has 2 heterocycles. The van der Waals surface area contributed by atoms with Gasteiger partial charge in [0.25, 0.3) is 5.56 Å². The van der Waals surface area contributed by atoms with E-state index in [-0.39, 0.29) is 28.8 Å². The molecule has 0 saturated heterocycles. The molecule has 1 aliphatic rings. The second kappa shape index (κ2) is 8.15. The lowest BCUT2D eigenvalue weighted by molar-refractivity contribution is -0.117. The molecule has 31 heavy (non-hydrogen) atoms. The minimum absolute atomic E-state index is 0.0285. The Morgan fingerprint density at radius 2 is 1.94 bits per heavy atom. The number of carbonyl (C=O) groups is 1. The number of aryl methyl sites for hydroxylation is 1. The van der Waals surface area contributed by atoms with Crippen LogP contribution in [0, 0.1) is 18.6 Å². The van der Waals surface area contributed by atoms with Gasteiger partial charge in [-0.05, 0) is 36.2 Å². The van der Waals surface area contributed by atoms with Gasteiger partial charge < -0.3 is 14.6 Å². The Kier molecular flexibility index (Phi) is 5.54. The summed E-state index contributed by atoms with van der Waals surface area (Å²) in [7, 11) is 1.74. The van der Waals surface area contributed by atoms with Crippen LogP contribution in [0.1, 0.15) is 27.9 Å². The summed E-state index contributed by atoms with van der Waals surface area (Å²) in [5, 5.41) is -0.140. The Balaban J connectivity index is 1.67. The normalized spacial score (nSPS) is 12.9. The van der Waals surface area contributed by atoms with Crippen molar-refractivity contribution >= 4 is 23.2 Å². The largest absolute Gasteiger partial charge is 0.487 e. The number of nitrogens with zero attached hydrogens (tertiary/aromatic N) is 1. The third kappa shape index (κ3) is 4.05. The average Bonchev–Trinajstić information content (AvgIpc) is 3.00. The molecular formula is C23H19ClF2N2O3. The minimum atomic E-state index is -0.744. The van der Waals surface area contributed by atoms with Crippen molar-refractivity contribution in [3.8, 4) is 5.75 Å². The monoisotopic (exact) mass is 444 g/mol. The number of amides is 1. The van der Waals surface area contributed by atoms with E-state index in [0.717, 1.165) is 28.9 Å². The van der Waals surface area contributed by atoms with Crippen LogP contribution in [0.3, 0.4) is 0 Å². The molecule has 1 amide bonds. The molecule has 4 rings (SSSR count). The van der Waals surface area contributed by atoms with Crippen molar-refractivity contribution < 1.29 is 18.3 Å². The molecular weight excluding hydrogens is 426 g/mol. The highest BCUT2D eigenvalue weighted by molar-refractivity contribution is 6.32. The highest BCUT2D eigenvalue weighted by Crippen LogP contribution is 2.33. The summed E-state index contributed by atoms with van der Waals surface area (Å²) in [4.78, 5) is 28.4. The van der Waals surface area contributed by atoms with Gasteiger partial charge in [0, 0.05) is 42.0 Å². The van der Waals surface area contributed by atoms with Crippen LogP contribution in [-0.2, 0) is 24.2 Å². The Bertz CT molecular complexity index is 1260. The molecule has 8 heteroatoms. The lowest BCUT2D eigenvalue weighted by Gasteiger charge is -2.16. The summed E-state index contributed by atoms with van der Waals surface area (Å²) in [5.41, 5.74) is 3.54. The maximum absolute atomic E-state index is 14.0. The lowest BCUT2D eigenvalue weighted by Crippen LogP contribution is -2.20. The van der Waals surface area contributed by atoms with E-state index < -0.39 is 17.2 Å². The molecule has 2 aromatic carbocycles. The van der Waals surface area contributed by atoms with Crippen molar-refractivity contribution in [1.29, 1.82) is 0 Å². The second-order valence-electron chi connectivity index (χ2n) is 7.49. The predicted octanol–water partition coefficient (Wildman–Crippen LogP) is 4.30. The quantitative estimate of drug-likeness (QED) is 0.638. The summed E-state index contributed by atoms with van der Waals surface area (Å²) in [6, 6.07) is 8.91. The molecule has 0 spiro atoms. The molecule has 5 nitrogen and oxygen atoms in total. The first-order valence-corrected chi connectivity index (χ1v) is 9.98. The highest BCUT2D eigenvalue weighted by Gasteiger charge is 2.24. The zero-order chi connectivity index (χ0) is 22.3. The molecule has 0 radical (unpaired) electrons. The summed E-state index contributed by atoms with van der Waals surface area (Å²) in [6.07, 6.45) is 0.715. The van der Waals surface area contributed by atoms with Crippen LogP contribution in [0.4, 0.5) is 14.5 Å². The van der Waals surface area contributed by atoms with Gasteiger partial charge in [0.1, 0.15) is 29.0 Å². The molecule has 1 aromatic heterocycles. The van der Waals surface area contributed by atoms with Gasteiger partial charge >= 0.3 is 0 Å². The van der Waals surface area contributed by atoms with Crippen LogP contribution in [-0.4, -0.2) is 17.9 Å². The van der Waals surface area contributed by atoms with E-state index in [1.54, 1.807) is 18.9 Å². The molecule has 0 bridgehead atoms. The van der Waals surface area contributed by atoms with Crippen molar-refractivity contribution in [3.05, 3.63) is 91.4 Å². The SMILES string of the molecule is Cc1[nH]c(=O)c(Cl)c(OCc2ccc(F)cc2F)c1Cc1ccc2c(c1)CC(=O)N2C. The number of anilines is 1. The van der Waals surface area contributed by atoms with E-state index in [1.165, 1.54) is 6.07 Å². The summed E-state index contributed by atoms with van der Waals surface area (Å²) in [5.74, 6) is -1.25. The summed E-state index contributed by atoms with van der Waals surface area (Å²) in [6.45, 7) is 1.51. The van der Waals surface area contributed by atoms with Gasteiger partial charge in [-0.25, -0.2) is 8.78 Å². The maximum atomic E-state index is 14.0. The Hall–Kier alpha value is -3.19. The number of rotatable bonds is 5. The highest BCUT2D eigenvalue weighted by atomic mass is 35.5. The third-order valence-corrected chi connectivity index (χ3v) is 5.76. The number of nitrogens with one attached hydrogen (secondary N) is 1. The van der Waals surface area contributed by atoms with Gasteiger partial charge in [0.2, 0.25) is 5.91 Å². The van der Waals surface area contributed by atoms with Crippen LogP contribution in [0.2, 0.25) is 5.02 Å². The molecule has 3 aromatic rings. The van der Waals surface area contributed by atoms with Gasteiger partial charge in [-0.2, -0.15) is 0 Å². The Morgan fingerprint density at radius 1 is 1.16 bits per heavy atom.